The Hall–Kier alpha value is -3.02. The molecule has 0 radical (unpaired) electrons. The van der Waals surface area contributed by atoms with Crippen molar-refractivity contribution in [2.24, 2.45) is 0 Å². The summed E-state index contributed by atoms with van der Waals surface area (Å²) in [6.07, 6.45) is 8.37. The molecular weight excluding hydrogens is 376 g/mol. The maximum atomic E-state index is 11.4. The summed E-state index contributed by atoms with van der Waals surface area (Å²) in [7, 11) is 4.07. The van der Waals surface area contributed by atoms with Crippen LogP contribution < -0.4 is 9.80 Å². The van der Waals surface area contributed by atoms with Crippen molar-refractivity contribution in [2.75, 3.05) is 23.9 Å². The van der Waals surface area contributed by atoms with E-state index in [1.165, 1.54) is 19.3 Å². The normalized spacial score (nSPS) is 14.7. The summed E-state index contributed by atoms with van der Waals surface area (Å²) in [6, 6.07) is 12.7. The number of H-pyrrole nitrogens is 1. The number of anilines is 3. The minimum absolute atomic E-state index is 0.110. The zero-order valence-corrected chi connectivity index (χ0v) is 17.8. The van der Waals surface area contributed by atoms with Crippen molar-refractivity contribution in [2.45, 2.75) is 51.0 Å². The summed E-state index contributed by atoms with van der Waals surface area (Å²) in [5.41, 5.74) is 3.21. The van der Waals surface area contributed by atoms with Crippen molar-refractivity contribution >= 4 is 34.2 Å². The number of fused-ring (bicyclic) bond motifs is 1. The predicted molar refractivity (Wildman–Crippen MR) is 122 cm³/mol. The molecule has 3 aromatic rings. The summed E-state index contributed by atoms with van der Waals surface area (Å²) in [6.45, 7) is 0. The summed E-state index contributed by atoms with van der Waals surface area (Å²) in [5, 5.41) is 10.4. The van der Waals surface area contributed by atoms with E-state index in [4.69, 9.17) is 4.98 Å². The fraction of sp³-hybridized carbons (Fsp3) is 0.417. The average molecular weight is 407 g/mol. The lowest BCUT2D eigenvalue weighted by Gasteiger charge is -2.35. The van der Waals surface area contributed by atoms with E-state index in [1.807, 2.05) is 38.5 Å². The van der Waals surface area contributed by atoms with Gasteiger partial charge in [-0.2, -0.15) is 0 Å². The Labute approximate surface area is 177 Å². The Kier molecular flexibility index (Phi) is 5.93. The molecule has 0 atom stereocenters. The number of pyridine rings is 1. The van der Waals surface area contributed by atoms with Gasteiger partial charge in [-0.15, -0.1) is 0 Å². The topological polar surface area (TPSA) is 72.5 Å². The van der Waals surface area contributed by atoms with Crippen LogP contribution in [0.15, 0.2) is 42.6 Å². The number of para-hydroxylation sites is 1. The number of aliphatic carboxylic acids is 1. The molecule has 1 fully saturated rings. The van der Waals surface area contributed by atoms with Gasteiger partial charge in [-0.05, 0) is 31.4 Å². The maximum absolute atomic E-state index is 11.4. The van der Waals surface area contributed by atoms with Crippen LogP contribution in [-0.2, 0) is 11.2 Å². The van der Waals surface area contributed by atoms with Crippen LogP contribution in [0.1, 0.15) is 44.1 Å². The van der Waals surface area contributed by atoms with Gasteiger partial charge in [0.25, 0.3) is 0 Å². The molecule has 6 heteroatoms. The summed E-state index contributed by atoms with van der Waals surface area (Å²) in [4.78, 5) is 24.1. The number of aryl methyl sites for hydroxylation is 1. The highest BCUT2D eigenvalue weighted by Gasteiger charge is 2.28. The van der Waals surface area contributed by atoms with Crippen molar-refractivity contribution in [3.8, 4) is 0 Å². The highest BCUT2D eigenvalue weighted by atomic mass is 16.4. The second-order valence-electron chi connectivity index (χ2n) is 8.32. The lowest BCUT2D eigenvalue weighted by atomic mass is 9.93. The molecule has 0 amide bonds. The van der Waals surface area contributed by atoms with Gasteiger partial charge in [-0.25, -0.2) is 4.98 Å². The molecule has 0 unspecified atom stereocenters. The van der Waals surface area contributed by atoms with Gasteiger partial charge in [0.15, 0.2) is 0 Å². The molecule has 30 heavy (non-hydrogen) atoms. The number of nitrogens with one attached hydrogen (secondary N) is 1. The third kappa shape index (κ3) is 4.13. The van der Waals surface area contributed by atoms with E-state index in [0.717, 1.165) is 46.6 Å². The van der Waals surface area contributed by atoms with Gasteiger partial charge < -0.3 is 19.9 Å². The van der Waals surface area contributed by atoms with Gasteiger partial charge >= 0.3 is 5.97 Å². The lowest BCUT2D eigenvalue weighted by molar-refractivity contribution is -0.136. The molecule has 4 rings (SSSR count). The van der Waals surface area contributed by atoms with Crippen molar-refractivity contribution in [3.05, 3.63) is 48.2 Å². The van der Waals surface area contributed by atoms with Crippen LogP contribution in [0.2, 0.25) is 0 Å². The zero-order chi connectivity index (χ0) is 21.1. The van der Waals surface area contributed by atoms with Crippen LogP contribution in [0.5, 0.6) is 0 Å². The van der Waals surface area contributed by atoms with Gasteiger partial charge in [0, 0.05) is 61.0 Å². The smallest absolute Gasteiger partial charge is 0.303 e. The Morgan fingerprint density at radius 2 is 1.93 bits per heavy atom. The minimum Gasteiger partial charge on any atom is -0.481 e. The molecule has 2 aromatic heterocycles. The zero-order valence-electron chi connectivity index (χ0n) is 17.8. The summed E-state index contributed by atoms with van der Waals surface area (Å²) >= 11 is 0. The molecule has 0 aliphatic heterocycles. The Morgan fingerprint density at radius 3 is 2.67 bits per heavy atom. The first-order valence-corrected chi connectivity index (χ1v) is 10.8. The lowest BCUT2D eigenvalue weighted by Crippen LogP contribution is -2.34. The van der Waals surface area contributed by atoms with Gasteiger partial charge in [0.2, 0.25) is 0 Å². The number of hydrogen-bond donors (Lipinski definition) is 2. The molecule has 1 aliphatic carbocycles. The molecule has 6 nitrogen and oxygen atoms in total. The van der Waals surface area contributed by atoms with Crippen LogP contribution in [0.25, 0.3) is 10.9 Å². The number of carboxylic acids is 1. The summed E-state index contributed by atoms with van der Waals surface area (Å²) in [5.74, 6) is 1.13. The third-order valence-electron chi connectivity index (χ3n) is 6.05. The second-order valence-corrected chi connectivity index (χ2v) is 8.32. The van der Waals surface area contributed by atoms with Crippen LogP contribution in [0, 0.1) is 0 Å². The number of benzene rings is 1. The standard InChI is InChI=1S/C24H30N4O2/c1-27(2)18-14-15-25-22(16-18)28(17-8-4-3-5-9-17)24-20(12-13-23(29)30)19-10-6-7-11-21(19)26-24/h6-7,10-11,14-17,26H,3-5,8-9,12-13H2,1-2H3,(H,29,30). The number of hydrogen-bond acceptors (Lipinski definition) is 4. The first-order valence-electron chi connectivity index (χ1n) is 10.8. The molecular formula is C24H30N4O2. The number of aromatic nitrogens is 2. The average Bonchev–Trinajstić information content (AvgIpc) is 3.11. The van der Waals surface area contributed by atoms with Gasteiger partial charge in [-0.3, -0.25) is 4.79 Å². The fourth-order valence-electron chi connectivity index (χ4n) is 4.52. The first kappa shape index (κ1) is 20.3. The number of nitrogens with zero attached hydrogens (tertiary/aromatic N) is 3. The van der Waals surface area contributed by atoms with Gasteiger partial charge in [0.1, 0.15) is 11.6 Å². The van der Waals surface area contributed by atoms with E-state index in [1.54, 1.807) is 0 Å². The molecule has 0 spiro atoms. The van der Waals surface area contributed by atoms with Crippen molar-refractivity contribution in [1.29, 1.82) is 0 Å². The quantitative estimate of drug-likeness (QED) is 0.570. The number of carboxylic acid groups (broad SMARTS) is 1. The first-order chi connectivity index (χ1) is 14.5. The third-order valence-corrected chi connectivity index (χ3v) is 6.05. The number of aromatic amines is 1. The predicted octanol–water partition coefficient (Wildman–Crippen LogP) is 5.12. The number of rotatable bonds is 7. The Morgan fingerprint density at radius 1 is 1.17 bits per heavy atom. The largest absolute Gasteiger partial charge is 0.481 e. The number of carbonyl (C=O) groups is 1. The molecule has 0 saturated heterocycles. The van der Waals surface area contributed by atoms with E-state index in [2.05, 4.69) is 33.0 Å². The van der Waals surface area contributed by atoms with Crippen molar-refractivity contribution in [3.63, 3.8) is 0 Å². The molecule has 1 aromatic carbocycles. The molecule has 1 saturated carbocycles. The molecule has 0 bridgehead atoms. The van der Waals surface area contributed by atoms with E-state index < -0.39 is 5.97 Å². The molecule has 2 N–H and O–H groups in total. The van der Waals surface area contributed by atoms with Crippen LogP contribution >= 0.6 is 0 Å². The SMILES string of the molecule is CN(C)c1ccnc(N(c2[nH]c3ccccc3c2CCC(=O)O)C2CCCCC2)c1. The van der Waals surface area contributed by atoms with Crippen LogP contribution in [-0.4, -0.2) is 41.2 Å². The Bertz CT molecular complexity index is 1020. The van der Waals surface area contributed by atoms with Crippen molar-refractivity contribution in [1.82, 2.24) is 9.97 Å². The van der Waals surface area contributed by atoms with Gasteiger partial charge in [0.05, 0.1) is 0 Å². The maximum Gasteiger partial charge on any atom is 0.303 e. The van der Waals surface area contributed by atoms with Crippen molar-refractivity contribution < 1.29 is 9.90 Å². The van der Waals surface area contributed by atoms with Crippen LogP contribution in [0.3, 0.4) is 0 Å². The molecule has 158 valence electrons. The van der Waals surface area contributed by atoms with E-state index in [0.29, 0.717) is 12.5 Å². The van der Waals surface area contributed by atoms with Gasteiger partial charge in [-0.1, -0.05) is 37.5 Å². The molecule has 1 aliphatic rings. The minimum atomic E-state index is -0.775. The molecule has 2 heterocycles. The van der Waals surface area contributed by atoms with E-state index in [-0.39, 0.29) is 6.42 Å². The second kappa shape index (κ2) is 8.78. The monoisotopic (exact) mass is 406 g/mol. The highest BCUT2D eigenvalue weighted by molar-refractivity contribution is 5.91. The van der Waals surface area contributed by atoms with Crippen LogP contribution in [0.4, 0.5) is 17.3 Å². The summed E-state index contributed by atoms with van der Waals surface area (Å²) < 4.78 is 0. The van der Waals surface area contributed by atoms with E-state index >= 15 is 0 Å². The highest BCUT2D eigenvalue weighted by Crippen LogP contribution is 2.39. The fourth-order valence-corrected chi connectivity index (χ4v) is 4.52. The van der Waals surface area contributed by atoms with E-state index in [9.17, 15) is 9.90 Å². The Balaban J connectivity index is 1.86.